The first-order valence-corrected chi connectivity index (χ1v) is 13.3. The van der Waals surface area contributed by atoms with E-state index in [1.165, 1.54) is 0 Å². The summed E-state index contributed by atoms with van der Waals surface area (Å²) in [5.41, 5.74) is 4.56. The first-order valence-electron chi connectivity index (χ1n) is 12.6. The van der Waals surface area contributed by atoms with E-state index in [-0.39, 0.29) is 11.7 Å². The third kappa shape index (κ3) is 8.25. The highest BCUT2D eigenvalue weighted by atomic mass is 32.1. The monoisotopic (exact) mass is 527 g/mol. The smallest absolute Gasteiger partial charge is 0.408 e. The van der Waals surface area contributed by atoms with Crippen molar-refractivity contribution in [3.05, 3.63) is 64.2 Å². The van der Waals surface area contributed by atoms with Crippen LogP contribution in [0.3, 0.4) is 0 Å². The molecular weight excluding hydrogens is 486 g/mol. The van der Waals surface area contributed by atoms with E-state index >= 15 is 0 Å². The molecular formula is C29H41N3O4S. The van der Waals surface area contributed by atoms with Gasteiger partial charge in [0.15, 0.2) is 0 Å². The number of hydrogen-bond donors (Lipinski definition) is 3. The summed E-state index contributed by atoms with van der Waals surface area (Å²) in [5, 5.41) is 5.72. The minimum absolute atomic E-state index is 0.0520. The van der Waals surface area contributed by atoms with Crippen LogP contribution in [0.2, 0.25) is 0 Å². The number of benzene rings is 2. The number of para-hydroxylation sites is 1. The van der Waals surface area contributed by atoms with Gasteiger partial charge >= 0.3 is 6.09 Å². The van der Waals surface area contributed by atoms with Gasteiger partial charge in [-0.1, -0.05) is 48.9 Å². The molecule has 2 N–H and O–H groups in total. The Bertz CT molecular complexity index is 1110. The Kier molecular flexibility index (Phi) is 10.6. The molecule has 2 atom stereocenters. The second-order valence-electron chi connectivity index (χ2n) is 10.4. The number of anilines is 1. The fraction of sp³-hybridized carbons (Fsp3) is 0.483. The van der Waals surface area contributed by atoms with Crippen LogP contribution in [0.5, 0.6) is 0 Å². The zero-order chi connectivity index (χ0) is 27.9. The summed E-state index contributed by atoms with van der Waals surface area (Å²) in [6.07, 6.45) is -0.0883. The number of ether oxygens (including phenoxy) is 1. The van der Waals surface area contributed by atoms with Crippen LogP contribution in [0.1, 0.15) is 68.0 Å². The highest BCUT2D eigenvalue weighted by Crippen LogP contribution is 2.29. The maximum atomic E-state index is 14.0. The minimum Gasteiger partial charge on any atom is -0.444 e. The second kappa shape index (κ2) is 13.0. The number of hydrogen-bond acceptors (Lipinski definition) is 5. The molecule has 0 aliphatic carbocycles. The van der Waals surface area contributed by atoms with E-state index in [9.17, 15) is 14.4 Å². The Morgan fingerprint density at radius 2 is 1.62 bits per heavy atom. The molecule has 0 fully saturated rings. The Morgan fingerprint density at radius 1 is 1.00 bits per heavy atom. The van der Waals surface area contributed by atoms with Crippen molar-refractivity contribution >= 4 is 36.2 Å². The fourth-order valence-corrected chi connectivity index (χ4v) is 4.48. The van der Waals surface area contributed by atoms with Gasteiger partial charge in [-0.15, -0.1) is 0 Å². The maximum absolute atomic E-state index is 14.0. The lowest BCUT2D eigenvalue weighted by Gasteiger charge is -2.35. The van der Waals surface area contributed by atoms with Gasteiger partial charge in [0.1, 0.15) is 17.7 Å². The number of nitrogens with one attached hydrogen (secondary N) is 2. The normalized spacial score (nSPS) is 12.9. The van der Waals surface area contributed by atoms with Crippen LogP contribution >= 0.6 is 12.6 Å². The maximum Gasteiger partial charge on any atom is 0.408 e. The van der Waals surface area contributed by atoms with Crippen LogP contribution in [-0.2, 0) is 14.3 Å². The molecule has 0 bridgehead atoms. The highest BCUT2D eigenvalue weighted by Gasteiger charge is 2.36. The first kappa shape index (κ1) is 30.2. The SMILES string of the molecule is CCCN(C(=O)C(CS)NC(=O)OC(C)(C)C)C(C(=O)Nc1c(C)cccc1C)c1ccc(C)cc1C. The molecule has 0 saturated heterocycles. The first-order chi connectivity index (χ1) is 17.3. The molecule has 0 radical (unpaired) electrons. The summed E-state index contributed by atoms with van der Waals surface area (Å²) in [5.74, 6) is -0.665. The average Bonchev–Trinajstić information content (AvgIpc) is 2.79. The topological polar surface area (TPSA) is 87.7 Å². The van der Waals surface area contributed by atoms with E-state index in [2.05, 4.69) is 23.3 Å². The van der Waals surface area contributed by atoms with Crippen LogP contribution < -0.4 is 10.6 Å². The van der Waals surface area contributed by atoms with Gasteiger partial charge in [0.2, 0.25) is 5.91 Å². The van der Waals surface area contributed by atoms with E-state index in [0.717, 1.165) is 33.5 Å². The van der Waals surface area contributed by atoms with Crippen LogP contribution in [0.15, 0.2) is 36.4 Å². The third-order valence-electron chi connectivity index (χ3n) is 5.93. The molecule has 2 unspecified atom stereocenters. The summed E-state index contributed by atoms with van der Waals surface area (Å²) >= 11 is 4.33. The van der Waals surface area contributed by atoms with Gasteiger partial charge in [-0.3, -0.25) is 9.59 Å². The van der Waals surface area contributed by atoms with Crippen molar-refractivity contribution in [2.75, 3.05) is 17.6 Å². The summed E-state index contributed by atoms with van der Waals surface area (Å²) in [6.45, 7) is 15.3. The quantitative estimate of drug-likeness (QED) is 0.367. The molecule has 2 rings (SSSR count). The Hall–Kier alpha value is -3.00. The minimum atomic E-state index is -0.967. The van der Waals surface area contributed by atoms with Gasteiger partial charge in [-0.05, 0) is 77.1 Å². The second-order valence-corrected chi connectivity index (χ2v) is 10.8. The van der Waals surface area contributed by atoms with Crippen molar-refractivity contribution in [1.82, 2.24) is 10.2 Å². The van der Waals surface area contributed by atoms with Crippen molar-refractivity contribution in [3.8, 4) is 0 Å². The lowest BCUT2D eigenvalue weighted by molar-refractivity contribution is -0.140. The van der Waals surface area contributed by atoms with E-state index in [1.807, 2.05) is 71.0 Å². The molecule has 8 heteroatoms. The number of thiol groups is 1. The van der Waals surface area contributed by atoms with Crippen molar-refractivity contribution in [2.24, 2.45) is 0 Å². The predicted octanol–water partition coefficient (Wildman–Crippen LogP) is 5.66. The van der Waals surface area contributed by atoms with Gasteiger partial charge in [-0.25, -0.2) is 4.79 Å². The summed E-state index contributed by atoms with van der Waals surface area (Å²) in [6, 6.07) is 9.77. The van der Waals surface area contributed by atoms with Gasteiger partial charge in [0.25, 0.3) is 5.91 Å². The molecule has 0 aliphatic rings. The lowest BCUT2D eigenvalue weighted by atomic mass is 9.96. The Balaban J connectivity index is 2.53. The summed E-state index contributed by atoms with van der Waals surface area (Å²) in [7, 11) is 0. The molecule has 2 aromatic rings. The summed E-state index contributed by atoms with van der Waals surface area (Å²) < 4.78 is 5.36. The number of aryl methyl sites for hydroxylation is 4. The van der Waals surface area contributed by atoms with Gasteiger partial charge in [-0.2, -0.15) is 12.6 Å². The van der Waals surface area contributed by atoms with Crippen molar-refractivity contribution in [1.29, 1.82) is 0 Å². The number of carbonyl (C=O) groups excluding carboxylic acids is 3. The number of rotatable bonds is 9. The molecule has 7 nitrogen and oxygen atoms in total. The molecule has 0 aliphatic heterocycles. The van der Waals surface area contributed by atoms with Crippen molar-refractivity contribution in [2.45, 2.75) is 79.5 Å². The van der Waals surface area contributed by atoms with Crippen LogP contribution in [0.4, 0.5) is 10.5 Å². The Labute approximate surface area is 226 Å². The highest BCUT2D eigenvalue weighted by molar-refractivity contribution is 7.80. The van der Waals surface area contributed by atoms with Crippen LogP contribution in [0.25, 0.3) is 0 Å². The molecule has 0 saturated carbocycles. The predicted molar refractivity (Wildman–Crippen MR) is 152 cm³/mol. The van der Waals surface area contributed by atoms with E-state index in [1.54, 1.807) is 25.7 Å². The molecule has 0 heterocycles. The number of amides is 3. The van der Waals surface area contributed by atoms with E-state index < -0.39 is 29.7 Å². The molecule has 0 spiro atoms. The standard InChI is InChI=1S/C29H41N3O4S/c1-9-15-32(27(34)23(17-37)30-28(35)36-29(6,7)8)25(22-14-13-18(2)16-21(22)5)26(33)31-24-19(3)11-10-12-20(24)4/h10-14,16,23,25,37H,9,15,17H2,1-8H3,(H,30,35)(H,31,33). The lowest BCUT2D eigenvalue weighted by Crippen LogP contribution is -2.53. The van der Waals surface area contributed by atoms with E-state index in [4.69, 9.17) is 4.74 Å². The van der Waals surface area contributed by atoms with Crippen LogP contribution in [-0.4, -0.2) is 46.7 Å². The number of alkyl carbamates (subject to hydrolysis) is 1. The average molecular weight is 528 g/mol. The van der Waals surface area contributed by atoms with Crippen molar-refractivity contribution in [3.63, 3.8) is 0 Å². The Morgan fingerprint density at radius 3 is 2.14 bits per heavy atom. The largest absolute Gasteiger partial charge is 0.444 e. The third-order valence-corrected chi connectivity index (χ3v) is 6.29. The molecule has 2 aromatic carbocycles. The van der Waals surface area contributed by atoms with Gasteiger partial charge in [0.05, 0.1) is 0 Å². The zero-order valence-corrected chi connectivity index (χ0v) is 24.2. The fourth-order valence-electron chi connectivity index (χ4n) is 4.23. The zero-order valence-electron chi connectivity index (χ0n) is 23.3. The van der Waals surface area contributed by atoms with Crippen LogP contribution in [0, 0.1) is 27.7 Å². The molecule has 202 valence electrons. The summed E-state index contributed by atoms with van der Waals surface area (Å²) in [4.78, 5) is 41.9. The van der Waals surface area contributed by atoms with Gasteiger partial charge in [0, 0.05) is 18.0 Å². The number of nitrogens with zero attached hydrogens (tertiary/aromatic N) is 1. The molecule has 3 amide bonds. The van der Waals surface area contributed by atoms with Crippen molar-refractivity contribution < 1.29 is 19.1 Å². The molecule has 37 heavy (non-hydrogen) atoms. The van der Waals surface area contributed by atoms with Gasteiger partial charge < -0.3 is 20.3 Å². The van der Waals surface area contributed by atoms with E-state index in [0.29, 0.717) is 13.0 Å². The number of carbonyl (C=O) groups is 3. The molecule has 0 aromatic heterocycles.